The first-order chi connectivity index (χ1) is 18.3. The highest BCUT2D eigenvalue weighted by Gasteiger charge is 2.23. The molecule has 3 heterocycles. The van der Waals surface area contributed by atoms with Crippen molar-refractivity contribution in [3.8, 4) is 0 Å². The van der Waals surface area contributed by atoms with Gasteiger partial charge in [-0.05, 0) is 61.0 Å². The summed E-state index contributed by atoms with van der Waals surface area (Å²) in [6, 6.07) is 12.9. The first-order valence-corrected chi connectivity index (χ1v) is 12.4. The zero-order chi connectivity index (χ0) is 26.6. The first-order valence-electron chi connectivity index (χ1n) is 12.4. The smallest absolute Gasteiger partial charge is 0.254 e. The molecule has 1 aliphatic rings. The van der Waals surface area contributed by atoms with Crippen LogP contribution in [0.3, 0.4) is 0 Å². The maximum atomic E-state index is 14.5. The molecule has 2 aromatic heterocycles. The van der Waals surface area contributed by atoms with Crippen molar-refractivity contribution in [2.24, 2.45) is 7.05 Å². The van der Waals surface area contributed by atoms with Gasteiger partial charge in [-0.2, -0.15) is 0 Å². The van der Waals surface area contributed by atoms with Crippen LogP contribution in [-0.2, 0) is 13.5 Å². The number of aryl methyl sites for hydroxylation is 2. The molecule has 1 N–H and O–H groups in total. The maximum absolute atomic E-state index is 14.5. The molecule has 0 bridgehead atoms. The molecular formula is C28H25F3N6O. The van der Waals surface area contributed by atoms with Gasteiger partial charge in [0.05, 0.1) is 17.5 Å². The molecule has 5 aromatic rings. The van der Waals surface area contributed by atoms with Gasteiger partial charge < -0.3 is 19.4 Å². The van der Waals surface area contributed by atoms with Gasteiger partial charge in [0.25, 0.3) is 5.91 Å². The van der Waals surface area contributed by atoms with Crippen molar-refractivity contribution in [3.63, 3.8) is 0 Å². The van der Waals surface area contributed by atoms with Gasteiger partial charge in [-0.25, -0.2) is 23.1 Å². The molecule has 38 heavy (non-hydrogen) atoms. The molecule has 194 valence electrons. The molecule has 1 fully saturated rings. The van der Waals surface area contributed by atoms with Gasteiger partial charge >= 0.3 is 0 Å². The third kappa shape index (κ3) is 4.15. The van der Waals surface area contributed by atoms with Gasteiger partial charge in [-0.1, -0.05) is 0 Å². The third-order valence-corrected chi connectivity index (χ3v) is 7.19. The van der Waals surface area contributed by atoms with E-state index in [1.807, 2.05) is 28.6 Å². The third-order valence-electron chi connectivity index (χ3n) is 7.19. The fourth-order valence-corrected chi connectivity index (χ4v) is 5.04. The van der Waals surface area contributed by atoms with E-state index in [0.717, 1.165) is 17.3 Å². The van der Waals surface area contributed by atoms with Gasteiger partial charge in [0, 0.05) is 44.5 Å². The lowest BCUT2D eigenvalue weighted by atomic mass is 10.1. The van der Waals surface area contributed by atoms with Crippen LogP contribution in [0.5, 0.6) is 0 Å². The van der Waals surface area contributed by atoms with E-state index in [2.05, 4.69) is 19.9 Å². The molecule has 6 rings (SSSR count). The molecule has 7 nitrogen and oxygen atoms in total. The summed E-state index contributed by atoms with van der Waals surface area (Å²) in [6.45, 7) is 3.95. The summed E-state index contributed by atoms with van der Waals surface area (Å²) in [5, 5.41) is 0. The van der Waals surface area contributed by atoms with Gasteiger partial charge in [-0.15, -0.1) is 0 Å². The highest BCUT2D eigenvalue weighted by atomic mass is 19.1. The topological polar surface area (TPSA) is 70.1 Å². The predicted octanol–water partition coefficient (Wildman–Crippen LogP) is 4.73. The lowest BCUT2D eigenvalue weighted by Gasteiger charge is -2.36. The van der Waals surface area contributed by atoms with Crippen LogP contribution in [0, 0.1) is 24.4 Å². The summed E-state index contributed by atoms with van der Waals surface area (Å²) in [5.74, 6) is -0.384. The van der Waals surface area contributed by atoms with Crippen LogP contribution in [0.1, 0.15) is 27.6 Å². The first kappa shape index (κ1) is 24.0. The number of hydrogen-bond acceptors (Lipinski definition) is 4. The highest BCUT2D eigenvalue weighted by molar-refractivity contribution is 5.97. The summed E-state index contributed by atoms with van der Waals surface area (Å²) in [6.07, 6.45) is 0.242. The van der Waals surface area contributed by atoms with Crippen molar-refractivity contribution in [3.05, 3.63) is 88.8 Å². The number of amides is 1. The van der Waals surface area contributed by atoms with E-state index in [-0.39, 0.29) is 34.7 Å². The number of halogens is 3. The van der Waals surface area contributed by atoms with Crippen molar-refractivity contribution in [2.45, 2.75) is 13.3 Å². The van der Waals surface area contributed by atoms with Crippen molar-refractivity contribution >= 4 is 33.7 Å². The minimum Gasteiger partial charge on any atom is -0.368 e. The monoisotopic (exact) mass is 518 g/mol. The number of H-pyrrole nitrogens is 1. The molecule has 0 aliphatic carbocycles. The number of anilines is 1. The van der Waals surface area contributed by atoms with E-state index in [0.29, 0.717) is 48.9 Å². The molecule has 0 saturated carbocycles. The highest BCUT2D eigenvalue weighted by Crippen LogP contribution is 2.25. The number of carbonyl (C=O) groups excluding carboxylic acids is 1. The van der Waals surface area contributed by atoms with E-state index >= 15 is 0 Å². The average molecular weight is 519 g/mol. The number of fused-ring (bicyclic) bond motifs is 2. The molecule has 1 saturated heterocycles. The van der Waals surface area contributed by atoms with Crippen molar-refractivity contribution in [1.82, 2.24) is 24.4 Å². The second-order valence-electron chi connectivity index (χ2n) is 9.62. The number of hydrogen-bond donors (Lipinski definition) is 1. The molecule has 10 heteroatoms. The number of nitrogens with zero attached hydrogens (tertiary/aromatic N) is 5. The van der Waals surface area contributed by atoms with E-state index in [1.165, 1.54) is 19.1 Å². The SMILES string of the molecule is Cc1cc(F)c2nc(Cc3nc4ccc(C(=O)N5CCN(c6ccc(F)cc6)CC5)cc4n3C)[nH]c2c1F. The predicted molar refractivity (Wildman–Crippen MR) is 139 cm³/mol. The summed E-state index contributed by atoms with van der Waals surface area (Å²) in [7, 11) is 1.84. The maximum Gasteiger partial charge on any atom is 0.254 e. The molecular weight excluding hydrogens is 493 g/mol. The standard InChI is InChI=1S/C28H25F3N6O/c1-16-13-20(30)26-27(25(16)31)34-23(33-26)15-24-32-21-8-3-17(14-22(21)35(24)2)28(38)37-11-9-36(10-12-37)19-6-4-18(29)5-7-19/h3-8,13-14H,9-12,15H2,1-2H3,(H,33,34). The lowest BCUT2D eigenvalue weighted by Crippen LogP contribution is -2.48. The molecule has 0 unspecified atom stereocenters. The van der Waals surface area contributed by atoms with Gasteiger partial charge in [-0.3, -0.25) is 4.79 Å². The Hall–Kier alpha value is -4.34. The summed E-state index contributed by atoms with van der Waals surface area (Å²) >= 11 is 0. The van der Waals surface area contributed by atoms with E-state index in [1.54, 1.807) is 18.2 Å². The van der Waals surface area contributed by atoms with Crippen LogP contribution in [0.15, 0.2) is 48.5 Å². The lowest BCUT2D eigenvalue weighted by molar-refractivity contribution is 0.0747. The average Bonchev–Trinajstić information content (AvgIpc) is 3.49. The summed E-state index contributed by atoms with van der Waals surface area (Å²) < 4.78 is 43.9. The molecule has 0 spiro atoms. The van der Waals surface area contributed by atoms with Gasteiger partial charge in [0.15, 0.2) is 11.6 Å². The minimum atomic E-state index is -0.576. The van der Waals surface area contributed by atoms with Gasteiger partial charge in [0.2, 0.25) is 0 Å². The Morgan fingerprint density at radius 2 is 1.71 bits per heavy atom. The van der Waals surface area contributed by atoms with Gasteiger partial charge in [0.1, 0.15) is 28.5 Å². The Labute approximate surface area is 216 Å². The molecule has 1 aliphatic heterocycles. The van der Waals surface area contributed by atoms with Crippen LogP contribution in [0.4, 0.5) is 18.9 Å². The molecule has 0 radical (unpaired) electrons. The number of nitrogens with one attached hydrogen (secondary N) is 1. The Balaban J connectivity index is 1.20. The Morgan fingerprint density at radius 3 is 2.45 bits per heavy atom. The second kappa shape index (κ2) is 9.20. The minimum absolute atomic E-state index is 0.0331. The number of aromatic amines is 1. The number of benzene rings is 3. The Morgan fingerprint density at radius 1 is 0.974 bits per heavy atom. The van der Waals surface area contributed by atoms with Crippen LogP contribution >= 0.6 is 0 Å². The Bertz CT molecular complexity index is 1680. The zero-order valence-electron chi connectivity index (χ0n) is 20.9. The second-order valence-corrected chi connectivity index (χ2v) is 9.62. The number of imidazole rings is 2. The van der Waals surface area contributed by atoms with Crippen molar-refractivity contribution < 1.29 is 18.0 Å². The molecule has 0 atom stereocenters. The normalized spacial score (nSPS) is 14.1. The van der Waals surface area contributed by atoms with E-state index in [9.17, 15) is 18.0 Å². The Kier molecular flexibility index (Phi) is 5.81. The van der Waals surface area contributed by atoms with Crippen LogP contribution in [0.25, 0.3) is 22.1 Å². The molecule has 1 amide bonds. The van der Waals surface area contributed by atoms with Crippen molar-refractivity contribution in [2.75, 3.05) is 31.1 Å². The van der Waals surface area contributed by atoms with E-state index < -0.39 is 11.6 Å². The fraction of sp³-hybridized carbons (Fsp3) is 0.250. The molecule has 3 aromatic carbocycles. The fourth-order valence-electron chi connectivity index (χ4n) is 5.04. The van der Waals surface area contributed by atoms with Crippen LogP contribution < -0.4 is 4.90 Å². The largest absolute Gasteiger partial charge is 0.368 e. The zero-order valence-corrected chi connectivity index (χ0v) is 20.9. The number of piperazine rings is 1. The number of aromatic nitrogens is 4. The summed E-state index contributed by atoms with van der Waals surface area (Å²) in [4.78, 5) is 29.0. The number of rotatable bonds is 4. The van der Waals surface area contributed by atoms with E-state index in [4.69, 9.17) is 0 Å². The van der Waals surface area contributed by atoms with Crippen LogP contribution in [-0.4, -0.2) is 56.5 Å². The summed E-state index contributed by atoms with van der Waals surface area (Å²) in [5.41, 5.74) is 3.21. The van der Waals surface area contributed by atoms with Crippen molar-refractivity contribution in [1.29, 1.82) is 0 Å². The number of carbonyl (C=O) groups is 1. The van der Waals surface area contributed by atoms with Crippen LogP contribution in [0.2, 0.25) is 0 Å². The quantitative estimate of drug-likeness (QED) is 0.374.